The lowest BCUT2D eigenvalue weighted by atomic mass is 10.1. The minimum absolute atomic E-state index is 0.0635. The van der Waals surface area contributed by atoms with Crippen LogP contribution >= 0.6 is 11.3 Å². The average Bonchev–Trinajstić information content (AvgIpc) is 3.25. The number of β-amino-alcohol motifs (C(OH)–C–C–N with tert-alkyl or cyclic N) is 1. The minimum atomic E-state index is -0.413. The zero-order valence-corrected chi connectivity index (χ0v) is 12.6. The zero-order valence-electron chi connectivity index (χ0n) is 11.8. The van der Waals surface area contributed by atoms with Crippen LogP contribution in [0.25, 0.3) is 21.7 Å². The lowest BCUT2D eigenvalue weighted by molar-refractivity contribution is 0.0766. The molecule has 0 aliphatic carbocycles. The Balaban J connectivity index is 1.76. The summed E-state index contributed by atoms with van der Waals surface area (Å²) in [5, 5.41) is 11.6. The molecule has 5 nitrogen and oxygen atoms in total. The zero-order chi connectivity index (χ0) is 15.1. The fourth-order valence-corrected chi connectivity index (χ4v) is 3.50. The number of carbonyl (C=O) groups excluding carboxylic acids is 1. The number of nitrogens with zero attached hydrogens (tertiary/aromatic N) is 2. The molecule has 1 fully saturated rings. The van der Waals surface area contributed by atoms with E-state index in [0.717, 1.165) is 16.2 Å². The van der Waals surface area contributed by atoms with Gasteiger partial charge in [0.1, 0.15) is 11.3 Å². The second-order valence-electron chi connectivity index (χ2n) is 5.46. The normalized spacial score (nSPS) is 18.2. The Kier molecular flexibility index (Phi) is 3.20. The van der Waals surface area contributed by atoms with E-state index in [1.54, 1.807) is 22.3 Å². The number of hydrogen-bond donors (Lipinski definition) is 2. The molecule has 3 heterocycles. The summed E-state index contributed by atoms with van der Waals surface area (Å²) in [6.45, 7) is 0.996. The van der Waals surface area contributed by atoms with Gasteiger partial charge in [0.15, 0.2) is 0 Å². The van der Waals surface area contributed by atoms with Crippen LogP contribution in [-0.2, 0) is 0 Å². The van der Waals surface area contributed by atoms with Crippen molar-refractivity contribution in [3.05, 3.63) is 41.3 Å². The lowest BCUT2D eigenvalue weighted by Gasteiger charge is -2.15. The van der Waals surface area contributed by atoms with Gasteiger partial charge in [-0.2, -0.15) is 0 Å². The molecule has 22 heavy (non-hydrogen) atoms. The fourth-order valence-electron chi connectivity index (χ4n) is 2.83. The Hall–Kier alpha value is -2.18. The van der Waals surface area contributed by atoms with Crippen molar-refractivity contribution in [2.75, 3.05) is 13.1 Å². The maximum absolute atomic E-state index is 12.7. The van der Waals surface area contributed by atoms with Crippen molar-refractivity contribution in [2.45, 2.75) is 12.5 Å². The number of likely N-dealkylation sites (tertiary alicyclic amines) is 1. The van der Waals surface area contributed by atoms with Crippen LogP contribution in [0.1, 0.15) is 16.8 Å². The van der Waals surface area contributed by atoms with Gasteiger partial charge in [-0.05, 0) is 30.0 Å². The number of fused-ring (bicyclic) bond motifs is 1. The van der Waals surface area contributed by atoms with Crippen LogP contribution in [0.2, 0.25) is 0 Å². The number of rotatable bonds is 2. The standard InChI is InChI=1S/C16H15N3O2S/c20-10-6-7-19(9-10)16(21)11-3-1-4-12-14(11)18-15(17-12)13-5-2-8-22-13/h1-5,8,10,20H,6-7,9H2,(H,17,18)/t10-/m1/s1. The Labute approximate surface area is 131 Å². The topological polar surface area (TPSA) is 69.2 Å². The lowest BCUT2D eigenvalue weighted by Crippen LogP contribution is -2.29. The number of aromatic nitrogens is 2. The molecule has 6 heteroatoms. The molecule has 112 valence electrons. The highest BCUT2D eigenvalue weighted by Gasteiger charge is 2.27. The molecule has 0 unspecified atom stereocenters. The van der Waals surface area contributed by atoms with Crippen LogP contribution in [0, 0.1) is 0 Å². The number of imidazole rings is 1. The molecule has 1 aliphatic rings. The van der Waals surface area contributed by atoms with Crippen LogP contribution in [0.15, 0.2) is 35.7 Å². The molecule has 3 aromatic rings. The molecule has 0 spiro atoms. The van der Waals surface area contributed by atoms with Gasteiger partial charge in [-0.15, -0.1) is 11.3 Å². The van der Waals surface area contributed by atoms with Crippen LogP contribution < -0.4 is 0 Å². The second kappa shape index (κ2) is 5.23. The van der Waals surface area contributed by atoms with Crippen molar-refractivity contribution in [3.8, 4) is 10.7 Å². The third-order valence-electron chi connectivity index (χ3n) is 3.95. The number of H-pyrrole nitrogens is 1. The molecule has 0 saturated carbocycles. The van der Waals surface area contributed by atoms with Crippen molar-refractivity contribution >= 4 is 28.3 Å². The Morgan fingerprint density at radius 1 is 1.36 bits per heavy atom. The highest BCUT2D eigenvalue weighted by Crippen LogP contribution is 2.27. The van der Waals surface area contributed by atoms with Gasteiger partial charge in [-0.3, -0.25) is 4.79 Å². The third-order valence-corrected chi connectivity index (χ3v) is 4.82. The SMILES string of the molecule is O=C(c1cccc2[nH]c(-c3cccs3)nc12)N1CC[C@@H](O)C1. The predicted molar refractivity (Wildman–Crippen MR) is 85.9 cm³/mol. The maximum atomic E-state index is 12.7. The van der Waals surface area contributed by atoms with Crippen molar-refractivity contribution in [3.63, 3.8) is 0 Å². The molecular formula is C16H15N3O2S. The molecule has 4 rings (SSSR count). The van der Waals surface area contributed by atoms with E-state index in [4.69, 9.17) is 0 Å². The number of para-hydroxylation sites is 1. The number of nitrogens with one attached hydrogen (secondary N) is 1. The fraction of sp³-hybridized carbons (Fsp3) is 0.250. The predicted octanol–water partition coefficient (Wildman–Crippen LogP) is 2.50. The second-order valence-corrected chi connectivity index (χ2v) is 6.41. The first kappa shape index (κ1) is 13.5. The molecule has 2 aromatic heterocycles. The van der Waals surface area contributed by atoms with Crippen LogP contribution in [0.3, 0.4) is 0 Å². The van der Waals surface area contributed by atoms with Gasteiger partial charge < -0.3 is 15.0 Å². The summed E-state index contributed by atoms with van der Waals surface area (Å²) in [5.74, 6) is 0.720. The largest absolute Gasteiger partial charge is 0.391 e. The highest BCUT2D eigenvalue weighted by atomic mass is 32.1. The number of aromatic amines is 1. The van der Waals surface area contributed by atoms with Crippen LogP contribution in [0.5, 0.6) is 0 Å². The van der Waals surface area contributed by atoms with Gasteiger partial charge in [0.05, 0.1) is 22.1 Å². The van der Waals surface area contributed by atoms with Crippen molar-refractivity contribution < 1.29 is 9.90 Å². The van der Waals surface area contributed by atoms with E-state index < -0.39 is 6.10 Å². The summed E-state index contributed by atoms with van der Waals surface area (Å²) in [6, 6.07) is 9.56. The summed E-state index contributed by atoms with van der Waals surface area (Å²) in [7, 11) is 0. The van der Waals surface area contributed by atoms with Gasteiger partial charge >= 0.3 is 0 Å². The summed E-state index contributed by atoms with van der Waals surface area (Å²) in [5.41, 5.74) is 2.14. The summed E-state index contributed by atoms with van der Waals surface area (Å²) in [4.78, 5) is 23.3. The molecular weight excluding hydrogens is 298 g/mol. The Bertz CT molecular complexity index is 825. The van der Waals surface area contributed by atoms with Crippen molar-refractivity contribution in [1.82, 2.24) is 14.9 Å². The number of aliphatic hydroxyl groups excluding tert-OH is 1. The summed E-state index contributed by atoms with van der Waals surface area (Å²) < 4.78 is 0. The van der Waals surface area contributed by atoms with Crippen molar-refractivity contribution in [2.24, 2.45) is 0 Å². The van der Waals surface area contributed by atoms with E-state index in [2.05, 4.69) is 9.97 Å². The molecule has 1 aromatic carbocycles. The first-order valence-electron chi connectivity index (χ1n) is 7.22. The molecule has 0 bridgehead atoms. The Morgan fingerprint density at radius 3 is 3.00 bits per heavy atom. The monoisotopic (exact) mass is 313 g/mol. The van der Waals surface area contributed by atoms with Crippen LogP contribution in [0.4, 0.5) is 0 Å². The first-order valence-corrected chi connectivity index (χ1v) is 8.10. The number of hydrogen-bond acceptors (Lipinski definition) is 4. The van der Waals surface area contributed by atoms with Gasteiger partial charge in [-0.1, -0.05) is 12.1 Å². The number of benzene rings is 1. The molecule has 1 amide bonds. The van der Waals surface area contributed by atoms with Gasteiger partial charge in [0.2, 0.25) is 0 Å². The number of amides is 1. The van der Waals surface area contributed by atoms with Crippen molar-refractivity contribution in [1.29, 1.82) is 0 Å². The molecule has 1 atom stereocenters. The van der Waals surface area contributed by atoms with Gasteiger partial charge in [0, 0.05) is 13.1 Å². The number of aliphatic hydroxyl groups is 1. The Morgan fingerprint density at radius 2 is 2.27 bits per heavy atom. The average molecular weight is 313 g/mol. The third kappa shape index (κ3) is 2.20. The molecule has 1 aliphatic heterocycles. The van der Waals surface area contributed by atoms with E-state index in [-0.39, 0.29) is 5.91 Å². The highest BCUT2D eigenvalue weighted by molar-refractivity contribution is 7.13. The van der Waals surface area contributed by atoms with E-state index in [0.29, 0.717) is 30.6 Å². The van der Waals surface area contributed by atoms with E-state index in [9.17, 15) is 9.90 Å². The smallest absolute Gasteiger partial charge is 0.256 e. The summed E-state index contributed by atoms with van der Waals surface area (Å²) in [6.07, 6.45) is 0.229. The van der Waals surface area contributed by atoms with E-state index in [1.165, 1.54) is 0 Å². The molecule has 0 radical (unpaired) electrons. The summed E-state index contributed by atoms with van der Waals surface area (Å²) >= 11 is 1.61. The van der Waals surface area contributed by atoms with E-state index in [1.807, 2.05) is 29.6 Å². The molecule has 2 N–H and O–H groups in total. The number of carbonyl (C=O) groups is 1. The molecule has 1 saturated heterocycles. The quantitative estimate of drug-likeness (QED) is 0.764. The minimum Gasteiger partial charge on any atom is -0.391 e. The van der Waals surface area contributed by atoms with Crippen LogP contribution in [-0.4, -0.2) is 45.1 Å². The van der Waals surface area contributed by atoms with Gasteiger partial charge in [0.25, 0.3) is 5.91 Å². The maximum Gasteiger partial charge on any atom is 0.256 e. The van der Waals surface area contributed by atoms with E-state index >= 15 is 0 Å². The van der Waals surface area contributed by atoms with Gasteiger partial charge in [-0.25, -0.2) is 4.98 Å². The number of thiophene rings is 1. The first-order chi connectivity index (χ1) is 10.7.